The smallest absolute Gasteiger partial charge is 0.323 e. The summed E-state index contributed by atoms with van der Waals surface area (Å²) < 4.78 is 19.0. The van der Waals surface area contributed by atoms with Crippen molar-refractivity contribution in [2.24, 2.45) is 0 Å². The van der Waals surface area contributed by atoms with Crippen LogP contribution in [0.1, 0.15) is 11.1 Å². The summed E-state index contributed by atoms with van der Waals surface area (Å²) in [5.74, 6) is -0.301. The highest BCUT2D eigenvalue weighted by molar-refractivity contribution is 6.00. The van der Waals surface area contributed by atoms with E-state index in [0.717, 1.165) is 16.8 Å². The summed E-state index contributed by atoms with van der Waals surface area (Å²) >= 11 is 0. The minimum Gasteiger partial charge on any atom is -0.490 e. The molecular weight excluding hydrogens is 415 g/mol. The van der Waals surface area contributed by atoms with Gasteiger partial charge in [-0.25, -0.2) is 9.18 Å². The van der Waals surface area contributed by atoms with Crippen LogP contribution in [0, 0.1) is 15.9 Å². The molecule has 4 rings (SSSR count). The predicted molar refractivity (Wildman–Crippen MR) is 120 cm³/mol. The van der Waals surface area contributed by atoms with Crippen LogP contribution < -0.4 is 20.3 Å². The van der Waals surface area contributed by atoms with Crippen LogP contribution in [-0.4, -0.2) is 24.6 Å². The Bertz CT molecular complexity index is 1180. The van der Waals surface area contributed by atoms with Crippen LogP contribution in [-0.2, 0) is 13.0 Å². The maximum Gasteiger partial charge on any atom is 0.323 e. The number of carbonyl (C=O) groups excluding carboxylic acids is 1. The lowest BCUT2D eigenvalue weighted by Gasteiger charge is -2.32. The third-order valence-electron chi connectivity index (χ3n) is 5.36. The van der Waals surface area contributed by atoms with Gasteiger partial charge in [-0.15, -0.1) is 0 Å². The van der Waals surface area contributed by atoms with Crippen molar-refractivity contribution < 1.29 is 18.8 Å². The van der Waals surface area contributed by atoms with E-state index >= 15 is 0 Å². The monoisotopic (exact) mass is 436 g/mol. The van der Waals surface area contributed by atoms with Crippen LogP contribution in [0.3, 0.4) is 0 Å². The molecule has 0 atom stereocenters. The molecule has 3 aromatic carbocycles. The van der Waals surface area contributed by atoms with Gasteiger partial charge in [0.05, 0.1) is 17.7 Å². The molecule has 1 aliphatic rings. The molecule has 0 saturated carbocycles. The van der Waals surface area contributed by atoms with Gasteiger partial charge >= 0.3 is 11.7 Å². The summed E-state index contributed by atoms with van der Waals surface area (Å²) in [7, 11) is 1.40. The number of nitrogens with zero attached hydrogens (tertiary/aromatic N) is 2. The quantitative estimate of drug-likeness (QED) is 0.436. The van der Waals surface area contributed by atoms with E-state index < -0.39 is 16.8 Å². The molecule has 2 N–H and O–H groups in total. The van der Waals surface area contributed by atoms with Crippen LogP contribution in [0.4, 0.5) is 31.9 Å². The number of halogens is 1. The maximum atomic E-state index is 13.8. The van der Waals surface area contributed by atoms with Gasteiger partial charge in [-0.1, -0.05) is 24.3 Å². The van der Waals surface area contributed by atoms with Crippen molar-refractivity contribution in [2.75, 3.05) is 29.2 Å². The van der Waals surface area contributed by atoms with Crippen molar-refractivity contribution in [2.45, 2.75) is 13.0 Å². The van der Waals surface area contributed by atoms with Gasteiger partial charge < -0.3 is 20.3 Å². The summed E-state index contributed by atoms with van der Waals surface area (Å²) in [6.45, 7) is 1.22. The van der Waals surface area contributed by atoms with Crippen LogP contribution in [0.2, 0.25) is 0 Å². The number of para-hydroxylation sites is 1. The summed E-state index contributed by atoms with van der Waals surface area (Å²) in [4.78, 5) is 25.2. The molecule has 0 radical (unpaired) electrons. The lowest BCUT2D eigenvalue weighted by Crippen LogP contribution is -2.31. The minimum absolute atomic E-state index is 0.0824. The van der Waals surface area contributed by atoms with Gasteiger partial charge in [-0.05, 0) is 41.8 Å². The first-order valence-electron chi connectivity index (χ1n) is 9.97. The molecule has 0 fully saturated rings. The van der Waals surface area contributed by atoms with Gasteiger partial charge in [0.1, 0.15) is 5.82 Å². The molecule has 0 aromatic heterocycles. The molecule has 3 aromatic rings. The van der Waals surface area contributed by atoms with E-state index in [1.165, 1.54) is 25.3 Å². The zero-order valence-corrected chi connectivity index (χ0v) is 17.3. The fraction of sp³-hybridized carbons (Fsp3) is 0.174. The maximum absolute atomic E-state index is 13.8. The summed E-state index contributed by atoms with van der Waals surface area (Å²) in [5, 5.41) is 16.5. The van der Waals surface area contributed by atoms with Crippen molar-refractivity contribution in [1.29, 1.82) is 0 Å². The standard InChI is InChI=1S/C23H21FN4O4/c1-32-22-13-16(9-10-21(22)28(30)31)27-12-11-17-15(14-27)5-4-8-19(17)25-23(29)26-20-7-3-2-6-18(20)24/h2-10,13H,11-12,14H2,1H3,(H2,25,26,29). The first-order valence-corrected chi connectivity index (χ1v) is 9.97. The zero-order valence-electron chi connectivity index (χ0n) is 17.3. The van der Waals surface area contributed by atoms with Gasteiger partial charge in [0, 0.05) is 36.6 Å². The van der Waals surface area contributed by atoms with E-state index in [1.54, 1.807) is 24.3 Å². The number of nitrogens with one attached hydrogen (secondary N) is 2. The fourth-order valence-electron chi connectivity index (χ4n) is 3.80. The number of anilines is 3. The Morgan fingerprint density at radius 2 is 1.84 bits per heavy atom. The highest BCUT2D eigenvalue weighted by atomic mass is 19.1. The number of nitro groups is 1. The summed E-state index contributed by atoms with van der Waals surface area (Å²) in [6, 6.07) is 15.9. The Morgan fingerprint density at radius 3 is 2.59 bits per heavy atom. The van der Waals surface area contributed by atoms with Crippen molar-refractivity contribution in [3.05, 3.63) is 87.7 Å². The normalized spacial score (nSPS) is 12.6. The number of hydrogen-bond donors (Lipinski definition) is 2. The Kier molecular flexibility index (Phi) is 5.89. The average Bonchev–Trinajstić information content (AvgIpc) is 2.80. The Labute approximate surface area is 183 Å². The van der Waals surface area contributed by atoms with Gasteiger partial charge in [-0.2, -0.15) is 0 Å². The topological polar surface area (TPSA) is 96.7 Å². The van der Waals surface area contributed by atoms with E-state index in [2.05, 4.69) is 15.5 Å². The van der Waals surface area contributed by atoms with E-state index in [9.17, 15) is 19.3 Å². The van der Waals surface area contributed by atoms with Crippen molar-refractivity contribution in [3.63, 3.8) is 0 Å². The number of fused-ring (bicyclic) bond motifs is 1. The van der Waals surface area contributed by atoms with Crippen molar-refractivity contribution in [1.82, 2.24) is 0 Å². The second kappa shape index (κ2) is 8.93. The molecule has 0 saturated heterocycles. The Balaban J connectivity index is 1.51. The number of benzene rings is 3. The molecule has 32 heavy (non-hydrogen) atoms. The van der Waals surface area contributed by atoms with E-state index in [0.29, 0.717) is 25.2 Å². The highest BCUT2D eigenvalue weighted by Gasteiger charge is 2.22. The van der Waals surface area contributed by atoms with Crippen LogP contribution in [0.25, 0.3) is 0 Å². The molecule has 0 aliphatic carbocycles. The lowest BCUT2D eigenvalue weighted by atomic mass is 9.97. The molecule has 1 heterocycles. The number of hydrogen-bond acceptors (Lipinski definition) is 5. The third kappa shape index (κ3) is 4.31. The highest BCUT2D eigenvalue weighted by Crippen LogP contribution is 2.34. The predicted octanol–water partition coefficient (Wildman–Crippen LogP) is 4.95. The molecule has 8 nitrogen and oxygen atoms in total. The van der Waals surface area contributed by atoms with E-state index in [4.69, 9.17) is 4.74 Å². The van der Waals surface area contributed by atoms with Gasteiger partial charge in [-0.3, -0.25) is 10.1 Å². The zero-order chi connectivity index (χ0) is 22.7. The first-order chi connectivity index (χ1) is 15.5. The van der Waals surface area contributed by atoms with Crippen LogP contribution in [0.5, 0.6) is 5.75 Å². The number of nitro benzene ring substituents is 1. The average molecular weight is 436 g/mol. The van der Waals surface area contributed by atoms with E-state index in [-0.39, 0.29) is 17.1 Å². The molecule has 0 unspecified atom stereocenters. The molecule has 164 valence electrons. The van der Waals surface area contributed by atoms with E-state index in [1.807, 2.05) is 18.2 Å². The number of carbonyl (C=O) groups is 1. The third-order valence-corrected chi connectivity index (χ3v) is 5.36. The molecule has 2 amide bonds. The second-order valence-corrected chi connectivity index (χ2v) is 7.29. The molecule has 9 heteroatoms. The Morgan fingerprint density at radius 1 is 1.09 bits per heavy atom. The number of urea groups is 1. The number of rotatable bonds is 5. The Hall–Kier alpha value is -4.14. The summed E-state index contributed by atoms with van der Waals surface area (Å²) in [5.41, 5.74) is 3.53. The summed E-state index contributed by atoms with van der Waals surface area (Å²) in [6.07, 6.45) is 0.658. The first kappa shape index (κ1) is 21.1. The SMILES string of the molecule is COc1cc(N2CCc3c(cccc3NC(=O)Nc3ccccc3F)C2)ccc1[N+](=O)[O-]. The van der Waals surface area contributed by atoms with Crippen LogP contribution in [0.15, 0.2) is 60.7 Å². The molecule has 1 aliphatic heterocycles. The van der Waals surface area contributed by atoms with Gasteiger partial charge in [0.2, 0.25) is 0 Å². The number of ether oxygens (including phenoxy) is 1. The molecular formula is C23H21FN4O4. The van der Waals surface area contributed by atoms with Crippen molar-refractivity contribution >= 4 is 28.8 Å². The molecule has 0 spiro atoms. The number of amides is 2. The van der Waals surface area contributed by atoms with Gasteiger partial charge in [0.25, 0.3) is 0 Å². The lowest BCUT2D eigenvalue weighted by molar-refractivity contribution is -0.385. The van der Waals surface area contributed by atoms with Crippen molar-refractivity contribution in [3.8, 4) is 5.75 Å². The fourth-order valence-corrected chi connectivity index (χ4v) is 3.80. The number of methoxy groups -OCH3 is 1. The minimum atomic E-state index is -0.522. The van der Waals surface area contributed by atoms with Crippen LogP contribution >= 0.6 is 0 Å². The second-order valence-electron chi connectivity index (χ2n) is 7.29. The molecule has 0 bridgehead atoms. The van der Waals surface area contributed by atoms with Gasteiger partial charge in [0.15, 0.2) is 5.75 Å². The largest absolute Gasteiger partial charge is 0.490 e.